The minimum atomic E-state index is -0.788. The van der Waals surface area contributed by atoms with E-state index >= 15 is 0 Å². The molecule has 3 rings (SSSR count). The van der Waals surface area contributed by atoms with Gasteiger partial charge in [0.1, 0.15) is 12.6 Å². The maximum absolute atomic E-state index is 12.6. The summed E-state index contributed by atoms with van der Waals surface area (Å²) >= 11 is 1.60. The fraction of sp³-hybridized carbons (Fsp3) is 0.227. The molecule has 3 aromatic rings. The van der Waals surface area contributed by atoms with Crippen LogP contribution < -0.4 is 16.0 Å². The summed E-state index contributed by atoms with van der Waals surface area (Å²) in [4.78, 5) is 25.1. The average Bonchev–Trinajstić information content (AvgIpc) is 3.15. The van der Waals surface area contributed by atoms with Crippen molar-refractivity contribution in [2.24, 2.45) is 0 Å². The van der Waals surface area contributed by atoms with Crippen LogP contribution in [0.15, 0.2) is 60.0 Å². The van der Waals surface area contributed by atoms with Gasteiger partial charge in [0.05, 0.1) is 12.1 Å². The summed E-state index contributed by atoms with van der Waals surface area (Å²) in [5, 5.41) is 20.0. The van der Waals surface area contributed by atoms with E-state index in [1.165, 1.54) is 0 Å². The Morgan fingerprint density at radius 1 is 1.07 bits per heavy atom. The predicted octanol–water partition coefficient (Wildman–Crippen LogP) is 3.51. The third-order valence-electron chi connectivity index (χ3n) is 4.60. The molecule has 2 aromatic carbocycles. The lowest BCUT2D eigenvalue weighted by atomic mass is 10.0. The van der Waals surface area contributed by atoms with Crippen LogP contribution in [0.4, 0.5) is 4.79 Å². The molecular formula is C22H22N4O2S. The van der Waals surface area contributed by atoms with Crippen LogP contribution in [0, 0.1) is 11.3 Å². The van der Waals surface area contributed by atoms with Crippen molar-refractivity contribution in [3.05, 3.63) is 71.1 Å². The summed E-state index contributed by atoms with van der Waals surface area (Å²) in [5.74, 6) is -0.385. The van der Waals surface area contributed by atoms with E-state index in [1.54, 1.807) is 11.3 Å². The van der Waals surface area contributed by atoms with E-state index in [2.05, 4.69) is 16.0 Å². The van der Waals surface area contributed by atoms with Crippen LogP contribution in [0.25, 0.3) is 10.1 Å². The Morgan fingerprint density at radius 2 is 1.79 bits per heavy atom. The summed E-state index contributed by atoms with van der Waals surface area (Å²) in [7, 11) is 0. The molecule has 0 aliphatic rings. The molecule has 0 radical (unpaired) electrons. The average molecular weight is 407 g/mol. The maximum Gasteiger partial charge on any atom is 0.315 e. The number of urea groups is 1. The molecule has 2 atom stereocenters. The molecule has 6 nitrogen and oxygen atoms in total. The molecule has 0 bridgehead atoms. The van der Waals surface area contributed by atoms with Crippen LogP contribution in [-0.2, 0) is 11.2 Å². The zero-order valence-electron chi connectivity index (χ0n) is 16.0. The first-order valence-corrected chi connectivity index (χ1v) is 10.2. The standard InChI is InChI=1S/C22H22N4O2S/c1-15(16-7-3-2-4-8-16)25-22(28)26-19(21(27)24-12-11-23)13-17-14-29-20-10-6-5-9-18(17)20/h2-10,14-15,19H,12-13H2,1H3,(H,24,27)(H2,25,26,28)/t15-,19?/m0/s1. The van der Waals surface area contributed by atoms with E-state index in [0.717, 1.165) is 21.2 Å². The Bertz CT molecular complexity index is 1030. The fourth-order valence-electron chi connectivity index (χ4n) is 3.09. The van der Waals surface area contributed by atoms with Gasteiger partial charge >= 0.3 is 6.03 Å². The number of nitriles is 1. The van der Waals surface area contributed by atoms with Crippen LogP contribution in [0.1, 0.15) is 24.1 Å². The number of thiophene rings is 1. The SMILES string of the molecule is C[C@H](NC(=O)NC(Cc1csc2ccccc12)C(=O)NCC#N)c1ccccc1. The number of benzene rings is 2. The molecule has 3 amide bonds. The summed E-state index contributed by atoms with van der Waals surface area (Å²) in [5.41, 5.74) is 1.95. The first-order chi connectivity index (χ1) is 14.1. The lowest BCUT2D eigenvalue weighted by molar-refractivity contribution is -0.122. The van der Waals surface area contributed by atoms with Crippen LogP contribution >= 0.6 is 11.3 Å². The molecule has 148 valence electrons. The third kappa shape index (κ3) is 5.33. The first kappa shape index (κ1) is 20.4. The summed E-state index contributed by atoms with van der Waals surface area (Å²) in [6.07, 6.45) is 0.342. The largest absolute Gasteiger partial charge is 0.341 e. The van der Waals surface area contributed by atoms with Gasteiger partial charge in [0.2, 0.25) is 5.91 Å². The number of nitrogens with zero attached hydrogens (tertiary/aromatic N) is 1. The lowest BCUT2D eigenvalue weighted by Gasteiger charge is -2.20. The molecule has 1 heterocycles. The van der Waals surface area contributed by atoms with E-state index in [-0.39, 0.29) is 18.5 Å². The zero-order valence-corrected chi connectivity index (χ0v) is 16.8. The van der Waals surface area contributed by atoms with Gasteiger partial charge in [-0.05, 0) is 34.9 Å². The van der Waals surface area contributed by atoms with Crippen LogP contribution in [-0.4, -0.2) is 24.5 Å². The van der Waals surface area contributed by atoms with E-state index in [0.29, 0.717) is 6.42 Å². The van der Waals surface area contributed by atoms with Crippen molar-refractivity contribution in [1.29, 1.82) is 5.26 Å². The number of carbonyl (C=O) groups excluding carboxylic acids is 2. The molecule has 0 aliphatic heterocycles. The fourth-order valence-corrected chi connectivity index (χ4v) is 4.07. The summed E-state index contributed by atoms with van der Waals surface area (Å²) in [6.45, 7) is 1.77. The zero-order chi connectivity index (χ0) is 20.6. The summed E-state index contributed by atoms with van der Waals surface area (Å²) < 4.78 is 1.13. The van der Waals surface area contributed by atoms with Crippen LogP contribution in [0.3, 0.4) is 0 Å². The van der Waals surface area contributed by atoms with Crippen molar-refractivity contribution in [3.8, 4) is 6.07 Å². The normalized spacial score (nSPS) is 12.6. The smallest absolute Gasteiger partial charge is 0.315 e. The molecule has 1 unspecified atom stereocenters. The molecule has 0 saturated carbocycles. The van der Waals surface area contributed by atoms with Crippen molar-refractivity contribution in [1.82, 2.24) is 16.0 Å². The maximum atomic E-state index is 12.6. The van der Waals surface area contributed by atoms with E-state index in [9.17, 15) is 9.59 Å². The van der Waals surface area contributed by atoms with Gasteiger partial charge in [-0.15, -0.1) is 11.3 Å². The van der Waals surface area contributed by atoms with Crippen LogP contribution in [0.2, 0.25) is 0 Å². The van der Waals surface area contributed by atoms with Gasteiger partial charge in [0.15, 0.2) is 0 Å². The highest BCUT2D eigenvalue weighted by Crippen LogP contribution is 2.26. The second-order valence-corrected chi connectivity index (χ2v) is 7.55. The topological polar surface area (TPSA) is 94.0 Å². The molecule has 1 aromatic heterocycles. The van der Waals surface area contributed by atoms with E-state index in [1.807, 2.05) is 73.0 Å². The molecule has 7 heteroatoms. The molecule has 3 N–H and O–H groups in total. The molecule has 0 fully saturated rings. The number of nitrogens with one attached hydrogen (secondary N) is 3. The number of hydrogen-bond acceptors (Lipinski definition) is 4. The minimum Gasteiger partial charge on any atom is -0.341 e. The highest BCUT2D eigenvalue weighted by atomic mass is 32.1. The Balaban J connectivity index is 1.72. The van der Waals surface area contributed by atoms with Gasteiger partial charge in [-0.25, -0.2) is 4.79 Å². The van der Waals surface area contributed by atoms with E-state index < -0.39 is 12.1 Å². The van der Waals surface area contributed by atoms with Gasteiger partial charge in [-0.1, -0.05) is 48.5 Å². The van der Waals surface area contributed by atoms with Crippen LogP contribution in [0.5, 0.6) is 0 Å². The highest BCUT2D eigenvalue weighted by Gasteiger charge is 2.23. The quantitative estimate of drug-likeness (QED) is 0.524. The van der Waals surface area contributed by atoms with Crippen molar-refractivity contribution < 1.29 is 9.59 Å². The van der Waals surface area contributed by atoms with Gasteiger partial charge < -0.3 is 16.0 Å². The molecule has 0 aliphatic carbocycles. The third-order valence-corrected chi connectivity index (χ3v) is 5.61. The Hall–Kier alpha value is -3.37. The monoisotopic (exact) mass is 406 g/mol. The number of hydrogen-bond donors (Lipinski definition) is 3. The minimum absolute atomic E-state index is 0.108. The number of rotatable bonds is 7. The summed E-state index contributed by atoms with van der Waals surface area (Å²) in [6, 6.07) is 18.0. The van der Waals surface area contributed by atoms with Crippen molar-refractivity contribution in [2.45, 2.75) is 25.4 Å². The number of amides is 3. The Morgan fingerprint density at radius 3 is 2.55 bits per heavy atom. The van der Waals surface area contributed by atoms with Crippen molar-refractivity contribution in [2.75, 3.05) is 6.54 Å². The van der Waals surface area contributed by atoms with Crippen molar-refractivity contribution in [3.63, 3.8) is 0 Å². The molecule has 0 spiro atoms. The number of carbonyl (C=O) groups is 2. The number of fused-ring (bicyclic) bond motifs is 1. The second kappa shape index (κ2) is 9.71. The molecule has 29 heavy (non-hydrogen) atoms. The Labute approximate surface area is 173 Å². The molecular weight excluding hydrogens is 384 g/mol. The second-order valence-electron chi connectivity index (χ2n) is 6.64. The Kier molecular flexibility index (Phi) is 6.82. The highest BCUT2D eigenvalue weighted by molar-refractivity contribution is 7.17. The van der Waals surface area contributed by atoms with E-state index in [4.69, 9.17) is 5.26 Å². The van der Waals surface area contributed by atoms with Gasteiger partial charge in [-0.2, -0.15) is 5.26 Å². The van der Waals surface area contributed by atoms with Gasteiger partial charge in [0, 0.05) is 11.1 Å². The van der Waals surface area contributed by atoms with Gasteiger partial charge in [-0.3, -0.25) is 4.79 Å². The molecule has 0 saturated heterocycles. The van der Waals surface area contributed by atoms with Gasteiger partial charge in [0.25, 0.3) is 0 Å². The predicted molar refractivity (Wildman–Crippen MR) is 114 cm³/mol. The van der Waals surface area contributed by atoms with Crippen molar-refractivity contribution >= 4 is 33.4 Å². The lowest BCUT2D eigenvalue weighted by Crippen LogP contribution is -2.51. The first-order valence-electron chi connectivity index (χ1n) is 9.30.